The number of carbonyl (C=O) groups is 1. The third kappa shape index (κ3) is 2.55. The van der Waals surface area contributed by atoms with Crippen LogP contribution in [0.4, 0.5) is 5.82 Å². The molecule has 0 atom stereocenters. The van der Waals surface area contributed by atoms with Crippen LogP contribution in [0.5, 0.6) is 0 Å². The maximum absolute atomic E-state index is 11.3. The molecule has 0 spiro atoms. The lowest BCUT2D eigenvalue weighted by molar-refractivity contribution is -0.120. The van der Waals surface area contributed by atoms with E-state index in [-0.39, 0.29) is 5.91 Å². The van der Waals surface area contributed by atoms with E-state index in [0.29, 0.717) is 25.3 Å². The van der Waals surface area contributed by atoms with Gasteiger partial charge in [-0.25, -0.2) is 9.97 Å². The minimum Gasteiger partial charge on any atom is -0.369 e. The minimum absolute atomic E-state index is 0.0292. The molecule has 2 aromatic rings. The molecular weight excluding hydrogens is 232 g/mol. The highest BCUT2D eigenvalue weighted by Crippen LogP contribution is 2.17. The summed E-state index contributed by atoms with van der Waals surface area (Å²) < 4.78 is 1.69. The van der Waals surface area contributed by atoms with Crippen molar-refractivity contribution in [1.29, 1.82) is 0 Å². The smallest absolute Gasteiger partial charge is 0.221 e. The highest BCUT2D eigenvalue weighted by atomic mass is 16.1. The molecule has 2 aromatic heterocycles. The molecule has 2 rings (SSSR count). The number of fused-ring (bicyclic) bond motifs is 1. The van der Waals surface area contributed by atoms with Crippen LogP contribution >= 0.6 is 0 Å². The van der Waals surface area contributed by atoms with Crippen LogP contribution < -0.4 is 10.6 Å². The van der Waals surface area contributed by atoms with Gasteiger partial charge in [0.2, 0.25) is 5.91 Å². The Bertz CT molecular complexity index is 549. The molecule has 0 unspecified atom stereocenters. The van der Waals surface area contributed by atoms with Gasteiger partial charge >= 0.3 is 0 Å². The first-order valence-corrected chi connectivity index (χ1v) is 5.85. The van der Waals surface area contributed by atoms with Gasteiger partial charge in [0, 0.05) is 26.6 Å². The van der Waals surface area contributed by atoms with E-state index in [4.69, 9.17) is 0 Å². The van der Waals surface area contributed by atoms with Crippen molar-refractivity contribution in [3.63, 3.8) is 0 Å². The van der Waals surface area contributed by atoms with Crippen LogP contribution in [-0.2, 0) is 11.8 Å². The second-order valence-corrected chi connectivity index (χ2v) is 3.86. The van der Waals surface area contributed by atoms with E-state index in [1.807, 2.05) is 14.0 Å². The first-order valence-electron chi connectivity index (χ1n) is 5.85. The molecule has 1 amide bonds. The Morgan fingerprint density at radius 1 is 1.44 bits per heavy atom. The number of rotatable bonds is 5. The summed E-state index contributed by atoms with van der Waals surface area (Å²) in [5.41, 5.74) is 0.769. The van der Waals surface area contributed by atoms with E-state index in [1.165, 1.54) is 6.33 Å². The van der Waals surface area contributed by atoms with Crippen molar-refractivity contribution in [2.24, 2.45) is 7.05 Å². The van der Waals surface area contributed by atoms with Gasteiger partial charge in [-0.3, -0.25) is 9.48 Å². The Morgan fingerprint density at radius 2 is 2.28 bits per heavy atom. The number of carbonyl (C=O) groups excluding carboxylic acids is 1. The van der Waals surface area contributed by atoms with Crippen LogP contribution in [0.2, 0.25) is 0 Å². The SMILES string of the molecule is CCNC(=O)CCNc1ncnc2c1cnn2C. The lowest BCUT2D eigenvalue weighted by atomic mass is 10.3. The van der Waals surface area contributed by atoms with Gasteiger partial charge in [-0.2, -0.15) is 5.10 Å². The molecular formula is C11H16N6O. The number of hydrogen-bond donors (Lipinski definition) is 2. The normalized spacial score (nSPS) is 10.6. The zero-order valence-electron chi connectivity index (χ0n) is 10.5. The third-order valence-corrected chi connectivity index (χ3v) is 2.55. The van der Waals surface area contributed by atoms with Crippen molar-refractivity contribution in [2.75, 3.05) is 18.4 Å². The largest absolute Gasteiger partial charge is 0.369 e. The van der Waals surface area contributed by atoms with Crippen LogP contribution in [0.3, 0.4) is 0 Å². The van der Waals surface area contributed by atoms with Gasteiger partial charge < -0.3 is 10.6 Å². The first kappa shape index (κ1) is 12.3. The average Bonchev–Trinajstić information content (AvgIpc) is 2.73. The Labute approximate surface area is 105 Å². The zero-order chi connectivity index (χ0) is 13.0. The van der Waals surface area contributed by atoms with E-state index in [9.17, 15) is 4.79 Å². The van der Waals surface area contributed by atoms with Gasteiger partial charge in [0.1, 0.15) is 12.1 Å². The summed E-state index contributed by atoms with van der Waals surface area (Å²) in [5.74, 6) is 0.735. The van der Waals surface area contributed by atoms with Crippen LogP contribution in [0.1, 0.15) is 13.3 Å². The van der Waals surface area contributed by atoms with Gasteiger partial charge in [0.05, 0.1) is 11.6 Å². The van der Waals surface area contributed by atoms with Crippen LogP contribution in [0.15, 0.2) is 12.5 Å². The summed E-state index contributed by atoms with van der Waals surface area (Å²) in [6.07, 6.45) is 3.61. The van der Waals surface area contributed by atoms with Crippen LogP contribution in [0.25, 0.3) is 11.0 Å². The highest BCUT2D eigenvalue weighted by molar-refractivity contribution is 5.86. The standard InChI is InChI=1S/C11H16N6O/c1-3-12-9(18)4-5-13-10-8-6-16-17(2)11(8)15-7-14-10/h6-7H,3-5H2,1-2H3,(H,12,18)(H,13,14,15). The lowest BCUT2D eigenvalue weighted by Gasteiger charge is -2.06. The summed E-state index contributed by atoms with van der Waals surface area (Å²) in [7, 11) is 1.83. The number of amides is 1. The minimum atomic E-state index is 0.0292. The molecule has 0 aliphatic heterocycles. The summed E-state index contributed by atoms with van der Waals surface area (Å²) in [4.78, 5) is 19.6. The molecule has 0 aliphatic rings. The first-order chi connectivity index (χ1) is 8.72. The summed E-state index contributed by atoms with van der Waals surface area (Å²) in [5, 5.41) is 10.9. The lowest BCUT2D eigenvalue weighted by Crippen LogP contribution is -2.24. The van der Waals surface area contributed by atoms with Gasteiger partial charge in [-0.1, -0.05) is 0 Å². The van der Waals surface area contributed by atoms with E-state index in [1.54, 1.807) is 10.9 Å². The highest BCUT2D eigenvalue weighted by Gasteiger charge is 2.07. The van der Waals surface area contributed by atoms with E-state index in [0.717, 1.165) is 11.0 Å². The van der Waals surface area contributed by atoms with Crippen molar-refractivity contribution in [2.45, 2.75) is 13.3 Å². The van der Waals surface area contributed by atoms with Crippen molar-refractivity contribution < 1.29 is 4.79 Å². The van der Waals surface area contributed by atoms with Crippen molar-refractivity contribution in [3.05, 3.63) is 12.5 Å². The number of aromatic nitrogens is 4. The van der Waals surface area contributed by atoms with Gasteiger partial charge in [0.15, 0.2) is 5.65 Å². The average molecular weight is 248 g/mol. The van der Waals surface area contributed by atoms with E-state index >= 15 is 0 Å². The monoisotopic (exact) mass is 248 g/mol. The van der Waals surface area contributed by atoms with Crippen LogP contribution in [0, 0.1) is 0 Å². The maximum Gasteiger partial charge on any atom is 0.221 e. The molecule has 2 heterocycles. The Morgan fingerprint density at radius 3 is 3.06 bits per heavy atom. The molecule has 7 nitrogen and oxygen atoms in total. The number of anilines is 1. The molecule has 96 valence electrons. The molecule has 2 N–H and O–H groups in total. The summed E-state index contributed by atoms with van der Waals surface area (Å²) in [6, 6.07) is 0. The number of nitrogens with one attached hydrogen (secondary N) is 2. The molecule has 0 saturated heterocycles. The fourth-order valence-corrected chi connectivity index (χ4v) is 1.68. The molecule has 0 aromatic carbocycles. The predicted octanol–water partition coefficient (Wildman–Crippen LogP) is 0.301. The summed E-state index contributed by atoms with van der Waals surface area (Å²) >= 11 is 0. The van der Waals surface area contributed by atoms with E-state index in [2.05, 4.69) is 25.7 Å². The molecule has 7 heteroatoms. The quantitative estimate of drug-likeness (QED) is 0.795. The Kier molecular flexibility index (Phi) is 3.71. The molecule has 18 heavy (non-hydrogen) atoms. The fraction of sp³-hybridized carbons (Fsp3) is 0.455. The molecule has 0 fully saturated rings. The van der Waals surface area contributed by atoms with Gasteiger partial charge in [0.25, 0.3) is 0 Å². The Balaban J connectivity index is 2.01. The topological polar surface area (TPSA) is 84.7 Å². The second-order valence-electron chi connectivity index (χ2n) is 3.86. The summed E-state index contributed by atoms with van der Waals surface area (Å²) in [6.45, 7) is 3.08. The molecule has 0 bridgehead atoms. The van der Waals surface area contributed by atoms with Crippen molar-refractivity contribution >= 4 is 22.8 Å². The second kappa shape index (κ2) is 5.44. The van der Waals surface area contributed by atoms with Crippen molar-refractivity contribution in [3.8, 4) is 0 Å². The van der Waals surface area contributed by atoms with Crippen LogP contribution in [-0.4, -0.2) is 38.7 Å². The van der Waals surface area contributed by atoms with Gasteiger partial charge in [-0.05, 0) is 6.92 Å². The predicted molar refractivity (Wildman–Crippen MR) is 68.1 cm³/mol. The van der Waals surface area contributed by atoms with E-state index < -0.39 is 0 Å². The Hall–Kier alpha value is -2.18. The molecule has 0 saturated carbocycles. The van der Waals surface area contributed by atoms with Gasteiger partial charge in [-0.15, -0.1) is 0 Å². The third-order valence-electron chi connectivity index (χ3n) is 2.55. The molecule has 0 radical (unpaired) electrons. The number of nitrogens with zero attached hydrogens (tertiary/aromatic N) is 4. The fourth-order valence-electron chi connectivity index (χ4n) is 1.68. The molecule has 0 aliphatic carbocycles. The number of aryl methyl sites for hydroxylation is 1. The zero-order valence-corrected chi connectivity index (χ0v) is 10.5. The maximum atomic E-state index is 11.3. The number of hydrogen-bond acceptors (Lipinski definition) is 5. The van der Waals surface area contributed by atoms with Crippen molar-refractivity contribution in [1.82, 2.24) is 25.1 Å².